The summed E-state index contributed by atoms with van der Waals surface area (Å²) in [6.07, 6.45) is 4.06. The van der Waals surface area contributed by atoms with Crippen molar-refractivity contribution < 1.29 is 14.4 Å². The van der Waals surface area contributed by atoms with Crippen LogP contribution < -0.4 is 10.6 Å². The molecule has 0 aliphatic carbocycles. The van der Waals surface area contributed by atoms with Gasteiger partial charge < -0.3 is 10.6 Å². The van der Waals surface area contributed by atoms with E-state index in [0.29, 0.717) is 25.8 Å². The normalized spacial score (nSPS) is 12.5. The van der Waals surface area contributed by atoms with E-state index < -0.39 is 0 Å². The summed E-state index contributed by atoms with van der Waals surface area (Å²) in [5.74, 6) is 0.550. The fraction of sp³-hybridized carbons (Fsp3) is 0.833. The Morgan fingerprint density at radius 3 is 2.04 bits per heavy atom. The van der Waals surface area contributed by atoms with Crippen molar-refractivity contribution in [2.45, 2.75) is 72.3 Å². The molecule has 1 amide bonds. The van der Waals surface area contributed by atoms with Gasteiger partial charge in [-0.05, 0) is 32.7 Å². The average molecular weight is 326 g/mol. The van der Waals surface area contributed by atoms with Crippen LogP contribution in [0.1, 0.15) is 66.2 Å². The van der Waals surface area contributed by atoms with Gasteiger partial charge in [0.2, 0.25) is 5.91 Å². The topological polar surface area (TPSA) is 75.3 Å². The first-order valence-corrected chi connectivity index (χ1v) is 8.80. The molecule has 0 aromatic rings. The van der Waals surface area contributed by atoms with Crippen LogP contribution in [0.2, 0.25) is 0 Å². The lowest BCUT2D eigenvalue weighted by molar-refractivity contribution is -0.124. The molecule has 0 saturated carbocycles. The summed E-state index contributed by atoms with van der Waals surface area (Å²) < 4.78 is 0. The van der Waals surface area contributed by atoms with Gasteiger partial charge in [-0.1, -0.05) is 27.7 Å². The zero-order valence-corrected chi connectivity index (χ0v) is 15.4. The third-order valence-electron chi connectivity index (χ3n) is 3.97. The van der Waals surface area contributed by atoms with E-state index in [1.165, 1.54) is 0 Å². The molecular formula is C18H34N2O3. The standard InChI is InChI=1S/C18H34N2O3/c1-13(2)16(21)10-8-11-17(22)20-12-7-6-9-15(19-5)18(23)14(3)4/h13-15,19H,6-12H2,1-5H3,(H,20,22). The van der Waals surface area contributed by atoms with E-state index in [2.05, 4.69) is 10.6 Å². The van der Waals surface area contributed by atoms with Gasteiger partial charge in [0.25, 0.3) is 0 Å². The zero-order valence-electron chi connectivity index (χ0n) is 15.4. The maximum absolute atomic E-state index is 11.9. The Hall–Kier alpha value is -1.23. The highest BCUT2D eigenvalue weighted by molar-refractivity contribution is 5.85. The summed E-state index contributed by atoms with van der Waals surface area (Å²) in [7, 11) is 1.81. The summed E-state index contributed by atoms with van der Waals surface area (Å²) >= 11 is 0. The second-order valence-electron chi connectivity index (χ2n) is 6.72. The lowest BCUT2D eigenvalue weighted by Gasteiger charge is -2.17. The third-order valence-corrected chi connectivity index (χ3v) is 3.97. The van der Waals surface area contributed by atoms with Crippen LogP contribution in [-0.2, 0) is 14.4 Å². The number of hydrogen-bond acceptors (Lipinski definition) is 4. The Bertz CT molecular complexity index is 378. The monoisotopic (exact) mass is 326 g/mol. The lowest BCUT2D eigenvalue weighted by atomic mass is 9.97. The molecule has 1 unspecified atom stereocenters. The first-order chi connectivity index (χ1) is 10.8. The van der Waals surface area contributed by atoms with Crippen LogP contribution in [0.25, 0.3) is 0 Å². The van der Waals surface area contributed by atoms with Crippen molar-refractivity contribution in [3.63, 3.8) is 0 Å². The van der Waals surface area contributed by atoms with Crippen molar-refractivity contribution in [2.24, 2.45) is 11.8 Å². The van der Waals surface area contributed by atoms with Crippen LogP contribution in [0.4, 0.5) is 0 Å². The smallest absolute Gasteiger partial charge is 0.220 e. The minimum Gasteiger partial charge on any atom is -0.356 e. The SMILES string of the molecule is CNC(CCCCNC(=O)CCCC(=O)C(C)C)C(=O)C(C)C. The van der Waals surface area contributed by atoms with Gasteiger partial charge in [0.05, 0.1) is 6.04 Å². The van der Waals surface area contributed by atoms with Crippen molar-refractivity contribution in [3.05, 3.63) is 0 Å². The predicted octanol–water partition coefficient (Wildman–Crippen LogP) is 2.48. The average Bonchev–Trinajstić information content (AvgIpc) is 2.49. The number of rotatable bonds is 13. The molecule has 0 rings (SSSR count). The summed E-state index contributed by atoms with van der Waals surface area (Å²) in [4.78, 5) is 35.0. The fourth-order valence-corrected chi connectivity index (χ4v) is 2.33. The molecule has 134 valence electrons. The first kappa shape index (κ1) is 21.8. The maximum atomic E-state index is 11.9. The molecule has 0 aromatic carbocycles. The van der Waals surface area contributed by atoms with Gasteiger partial charge in [-0.3, -0.25) is 14.4 Å². The number of unbranched alkanes of at least 4 members (excludes halogenated alkanes) is 1. The third kappa shape index (κ3) is 10.2. The van der Waals surface area contributed by atoms with Crippen molar-refractivity contribution >= 4 is 17.5 Å². The van der Waals surface area contributed by atoms with E-state index in [4.69, 9.17) is 0 Å². The van der Waals surface area contributed by atoms with Gasteiger partial charge >= 0.3 is 0 Å². The molecule has 0 radical (unpaired) electrons. The van der Waals surface area contributed by atoms with Gasteiger partial charge in [0, 0.05) is 31.2 Å². The largest absolute Gasteiger partial charge is 0.356 e. The highest BCUT2D eigenvalue weighted by Crippen LogP contribution is 2.07. The molecule has 2 N–H and O–H groups in total. The van der Waals surface area contributed by atoms with E-state index in [9.17, 15) is 14.4 Å². The van der Waals surface area contributed by atoms with Crippen LogP contribution in [0.15, 0.2) is 0 Å². The van der Waals surface area contributed by atoms with Crippen molar-refractivity contribution in [3.8, 4) is 0 Å². The Morgan fingerprint density at radius 2 is 1.52 bits per heavy atom. The molecule has 23 heavy (non-hydrogen) atoms. The highest BCUT2D eigenvalue weighted by Gasteiger charge is 2.18. The Balaban J connectivity index is 3.73. The summed E-state index contributed by atoms with van der Waals surface area (Å²) in [6, 6.07) is -0.0900. The molecule has 0 aromatic heterocycles. The number of likely N-dealkylation sites (N-methyl/N-ethyl adjacent to an activating group) is 1. The number of carbonyl (C=O) groups is 3. The summed E-state index contributed by atoms with van der Waals surface area (Å²) in [6.45, 7) is 8.22. The Kier molecular flexibility index (Phi) is 11.6. The van der Waals surface area contributed by atoms with Crippen LogP contribution in [-0.4, -0.2) is 37.1 Å². The molecule has 0 spiro atoms. The van der Waals surface area contributed by atoms with Gasteiger partial charge in [0.1, 0.15) is 5.78 Å². The van der Waals surface area contributed by atoms with Crippen molar-refractivity contribution in [1.29, 1.82) is 0 Å². The Morgan fingerprint density at radius 1 is 0.870 bits per heavy atom. The van der Waals surface area contributed by atoms with Crippen LogP contribution >= 0.6 is 0 Å². The van der Waals surface area contributed by atoms with Gasteiger partial charge in [-0.25, -0.2) is 0 Å². The number of nitrogens with one attached hydrogen (secondary N) is 2. The van der Waals surface area contributed by atoms with Gasteiger partial charge in [0.15, 0.2) is 5.78 Å². The molecule has 0 fully saturated rings. The second-order valence-corrected chi connectivity index (χ2v) is 6.72. The molecule has 0 heterocycles. The zero-order chi connectivity index (χ0) is 17.8. The minimum atomic E-state index is -0.0900. The molecule has 5 heteroatoms. The molecule has 0 aliphatic heterocycles. The van der Waals surface area contributed by atoms with E-state index in [-0.39, 0.29) is 35.4 Å². The second kappa shape index (κ2) is 12.2. The number of carbonyl (C=O) groups excluding carboxylic acids is 3. The van der Waals surface area contributed by atoms with E-state index in [0.717, 1.165) is 19.3 Å². The fourth-order valence-electron chi connectivity index (χ4n) is 2.33. The summed E-state index contributed by atoms with van der Waals surface area (Å²) in [5.41, 5.74) is 0. The predicted molar refractivity (Wildman–Crippen MR) is 93.2 cm³/mol. The highest BCUT2D eigenvalue weighted by atomic mass is 16.1. The molecule has 1 atom stereocenters. The molecule has 0 aliphatic rings. The molecule has 0 bridgehead atoms. The van der Waals surface area contributed by atoms with Crippen LogP contribution in [0.5, 0.6) is 0 Å². The number of Topliss-reactive ketones (excluding diaryl/α,β-unsaturated/α-hetero) is 2. The number of hydrogen-bond donors (Lipinski definition) is 2. The van der Waals surface area contributed by atoms with Gasteiger partial charge in [-0.15, -0.1) is 0 Å². The van der Waals surface area contributed by atoms with E-state index >= 15 is 0 Å². The quantitative estimate of drug-likeness (QED) is 0.510. The van der Waals surface area contributed by atoms with Gasteiger partial charge in [-0.2, -0.15) is 0 Å². The van der Waals surface area contributed by atoms with E-state index in [1.807, 2.05) is 34.7 Å². The number of amides is 1. The molecule has 0 saturated heterocycles. The maximum Gasteiger partial charge on any atom is 0.220 e. The summed E-state index contributed by atoms with van der Waals surface area (Å²) in [5, 5.41) is 5.94. The van der Waals surface area contributed by atoms with Crippen molar-refractivity contribution in [1.82, 2.24) is 10.6 Å². The van der Waals surface area contributed by atoms with E-state index in [1.54, 1.807) is 0 Å². The first-order valence-electron chi connectivity index (χ1n) is 8.80. The Labute approximate surface area is 141 Å². The van der Waals surface area contributed by atoms with Crippen LogP contribution in [0.3, 0.4) is 0 Å². The van der Waals surface area contributed by atoms with Crippen molar-refractivity contribution in [2.75, 3.05) is 13.6 Å². The number of ketones is 2. The van der Waals surface area contributed by atoms with Crippen LogP contribution in [0, 0.1) is 11.8 Å². The lowest BCUT2D eigenvalue weighted by Crippen LogP contribution is -2.36. The molecule has 5 nitrogen and oxygen atoms in total. The minimum absolute atomic E-state index is 0.00461. The molecular weight excluding hydrogens is 292 g/mol.